The summed E-state index contributed by atoms with van der Waals surface area (Å²) in [6.45, 7) is 8.50. The Morgan fingerprint density at radius 1 is 1.08 bits per heavy atom. The summed E-state index contributed by atoms with van der Waals surface area (Å²) in [7, 11) is -1.07. The lowest BCUT2D eigenvalue weighted by atomic mass is 9.75. The van der Waals surface area contributed by atoms with Gasteiger partial charge in [-0.15, -0.1) is 5.16 Å². The number of ether oxygens (including phenoxy) is 1. The molecule has 8 nitrogen and oxygen atoms in total. The molecule has 3 aromatic carbocycles. The minimum Gasteiger partial charge on any atom is -0.440 e. The van der Waals surface area contributed by atoms with Gasteiger partial charge in [-0.25, -0.2) is 0 Å². The van der Waals surface area contributed by atoms with E-state index < -0.39 is 7.12 Å². The molecule has 2 aliphatic heterocycles. The van der Waals surface area contributed by atoms with Crippen LogP contribution in [0.4, 0.5) is 11.6 Å². The summed E-state index contributed by atoms with van der Waals surface area (Å²) in [5, 5.41) is 18.1. The largest absolute Gasteiger partial charge is 0.583 e. The number of hydrogen-bond acceptors (Lipinski definition) is 8. The predicted molar refractivity (Wildman–Crippen MR) is 155 cm³/mol. The monoisotopic (exact) mass is 523 g/mol. The standard InChI is InChI=1S/C30H30BN3O5/c1-18-14-24(29-25(15-18)28(35)19(2)30(38-29)34-10-12-37-13-11-34)20(3)33-27-7-5-4-6-23(27)21-8-9-26-22(16-21)17-32-39-31(26)36/h4-9,14-17,20,33,36H,10-13H2,1-3H3/t20-/m1/s1. The van der Waals surface area contributed by atoms with Crippen molar-refractivity contribution in [3.63, 3.8) is 0 Å². The maximum Gasteiger partial charge on any atom is 0.583 e. The van der Waals surface area contributed by atoms with Crippen molar-refractivity contribution in [3.8, 4) is 11.1 Å². The first kappa shape index (κ1) is 25.2. The molecule has 1 saturated heterocycles. The molecule has 0 bridgehead atoms. The Labute approximate surface area is 227 Å². The minimum absolute atomic E-state index is 0.00261. The van der Waals surface area contributed by atoms with Crippen molar-refractivity contribution in [2.45, 2.75) is 26.8 Å². The fraction of sp³-hybridized carbons (Fsp3) is 0.267. The zero-order chi connectivity index (χ0) is 27.1. The summed E-state index contributed by atoms with van der Waals surface area (Å²) < 4.78 is 17.0. The highest BCUT2D eigenvalue weighted by atomic mass is 16.6. The Balaban J connectivity index is 1.40. The normalized spacial score (nSPS) is 15.7. The van der Waals surface area contributed by atoms with Crippen LogP contribution in [0.5, 0.6) is 0 Å². The maximum absolute atomic E-state index is 13.5. The summed E-state index contributed by atoms with van der Waals surface area (Å²) >= 11 is 0. The second kappa shape index (κ2) is 10.2. The molecule has 0 radical (unpaired) electrons. The quantitative estimate of drug-likeness (QED) is 0.380. The van der Waals surface area contributed by atoms with Crippen LogP contribution in [0.3, 0.4) is 0 Å². The molecule has 39 heavy (non-hydrogen) atoms. The molecule has 0 amide bonds. The van der Waals surface area contributed by atoms with E-state index in [1.807, 2.05) is 56.3 Å². The maximum atomic E-state index is 13.5. The van der Waals surface area contributed by atoms with Crippen LogP contribution in [-0.2, 0) is 9.49 Å². The average molecular weight is 523 g/mol. The number of hydrogen-bond donors (Lipinski definition) is 2. The number of para-hydroxylation sites is 1. The van der Waals surface area contributed by atoms with E-state index in [-0.39, 0.29) is 11.5 Å². The van der Waals surface area contributed by atoms with Gasteiger partial charge in [0.05, 0.1) is 36.4 Å². The van der Waals surface area contributed by atoms with Crippen molar-refractivity contribution in [3.05, 3.63) is 87.1 Å². The molecule has 0 aliphatic carbocycles. The number of aryl methyl sites for hydroxylation is 1. The number of anilines is 2. The number of nitrogens with zero attached hydrogens (tertiary/aromatic N) is 2. The van der Waals surface area contributed by atoms with E-state index in [0.29, 0.717) is 54.2 Å². The van der Waals surface area contributed by atoms with Crippen molar-refractivity contribution in [2.24, 2.45) is 5.16 Å². The Morgan fingerprint density at radius 2 is 1.87 bits per heavy atom. The van der Waals surface area contributed by atoms with Crippen LogP contribution in [-0.4, -0.2) is 44.7 Å². The Bertz CT molecular complexity index is 1640. The van der Waals surface area contributed by atoms with E-state index in [1.165, 1.54) is 0 Å². The second-order valence-corrected chi connectivity index (χ2v) is 10.1. The number of rotatable bonds is 5. The lowest BCUT2D eigenvalue weighted by molar-refractivity contribution is 0.120. The number of fused-ring (bicyclic) bond motifs is 2. The number of nitrogens with one attached hydrogen (secondary N) is 1. The van der Waals surface area contributed by atoms with Crippen LogP contribution in [0.25, 0.3) is 22.1 Å². The summed E-state index contributed by atoms with van der Waals surface area (Å²) in [5.74, 6) is 0.621. The molecule has 0 unspecified atom stereocenters. The van der Waals surface area contributed by atoms with Gasteiger partial charge in [0.1, 0.15) is 5.58 Å². The predicted octanol–water partition coefficient (Wildman–Crippen LogP) is 4.14. The van der Waals surface area contributed by atoms with E-state index in [0.717, 1.165) is 33.5 Å². The minimum atomic E-state index is -1.07. The molecule has 198 valence electrons. The van der Waals surface area contributed by atoms with Crippen LogP contribution >= 0.6 is 0 Å². The fourth-order valence-corrected chi connectivity index (χ4v) is 5.40. The van der Waals surface area contributed by atoms with Crippen molar-refractivity contribution in [1.29, 1.82) is 0 Å². The second-order valence-electron chi connectivity index (χ2n) is 10.1. The molecule has 6 rings (SSSR count). The van der Waals surface area contributed by atoms with E-state index in [9.17, 15) is 9.82 Å². The summed E-state index contributed by atoms with van der Waals surface area (Å²) in [4.78, 5) is 15.6. The van der Waals surface area contributed by atoms with Gasteiger partial charge in [0.2, 0.25) is 5.88 Å². The lowest BCUT2D eigenvalue weighted by Crippen LogP contribution is -2.37. The van der Waals surface area contributed by atoms with Crippen molar-refractivity contribution < 1.29 is 18.9 Å². The third kappa shape index (κ3) is 4.68. The molecular weight excluding hydrogens is 493 g/mol. The summed E-state index contributed by atoms with van der Waals surface area (Å²) in [6.07, 6.45) is 1.61. The van der Waals surface area contributed by atoms with Gasteiger partial charge in [0.25, 0.3) is 0 Å². The van der Waals surface area contributed by atoms with Gasteiger partial charge in [-0.2, -0.15) is 0 Å². The van der Waals surface area contributed by atoms with Crippen molar-refractivity contribution in [1.82, 2.24) is 0 Å². The fourth-order valence-electron chi connectivity index (χ4n) is 5.40. The first-order valence-corrected chi connectivity index (χ1v) is 13.2. The molecule has 1 fully saturated rings. The molecule has 4 aromatic rings. The molecule has 1 atom stereocenters. The van der Waals surface area contributed by atoms with Crippen LogP contribution in [0, 0.1) is 13.8 Å². The number of morpholine rings is 1. The van der Waals surface area contributed by atoms with E-state index >= 15 is 0 Å². The average Bonchev–Trinajstić information content (AvgIpc) is 2.95. The third-order valence-corrected chi connectivity index (χ3v) is 7.45. The van der Waals surface area contributed by atoms with E-state index in [4.69, 9.17) is 13.9 Å². The molecule has 0 saturated carbocycles. The lowest BCUT2D eigenvalue weighted by Gasteiger charge is -2.29. The highest BCUT2D eigenvalue weighted by Gasteiger charge is 2.26. The molecule has 1 aromatic heterocycles. The zero-order valence-corrected chi connectivity index (χ0v) is 22.2. The van der Waals surface area contributed by atoms with Crippen LogP contribution in [0.1, 0.15) is 35.2 Å². The van der Waals surface area contributed by atoms with Gasteiger partial charge in [-0.1, -0.05) is 36.4 Å². The Morgan fingerprint density at radius 3 is 2.69 bits per heavy atom. The van der Waals surface area contributed by atoms with Gasteiger partial charge < -0.3 is 29.1 Å². The highest BCUT2D eigenvalue weighted by molar-refractivity contribution is 6.62. The van der Waals surface area contributed by atoms with E-state index in [2.05, 4.69) is 34.4 Å². The molecule has 3 heterocycles. The van der Waals surface area contributed by atoms with Crippen molar-refractivity contribution >= 4 is 41.3 Å². The summed E-state index contributed by atoms with van der Waals surface area (Å²) in [6, 6.07) is 17.7. The number of benzene rings is 3. The van der Waals surface area contributed by atoms with E-state index in [1.54, 1.807) is 6.21 Å². The third-order valence-electron chi connectivity index (χ3n) is 7.45. The Kier molecular flexibility index (Phi) is 6.62. The smallest absolute Gasteiger partial charge is 0.440 e. The van der Waals surface area contributed by atoms with Crippen LogP contribution in [0.2, 0.25) is 0 Å². The van der Waals surface area contributed by atoms with Crippen molar-refractivity contribution in [2.75, 3.05) is 36.5 Å². The molecule has 2 N–H and O–H groups in total. The molecule has 9 heteroatoms. The topological polar surface area (TPSA) is 96.5 Å². The van der Waals surface area contributed by atoms with Gasteiger partial charge >= 0.3 is 7.12 Å². The molecular formula is C30H30BN3O5. The van der Waals surface area contributed by atoms with Gasteiger partial charge in [-0.3, -0.25) is 4.79 Å². The van der Waals surface area contributed by atoms with Gasteiger partial charge in [0.15, 0.2) is 5.43 Å². The molecule has 2 aliphatic rings. The zero-order valence-electron chi connectivity index (χ0n) is 22.2. The summed E-state index contributed by atoms with van der Waals surface area (Å²) in [5.41, 5.74) is 7.56. The molecule has 0 spiro atoms. The van der Waals surface area contributed by atoms with Gasteiger partial charge in [0, 0.05) is 35.4 Å². The SMILES string of the molecule is Cc1cc([C@@H](C)Nc2ccccc2-c2ccc3c(c2)C=NOB3O)c2oc(N3CCOCC3)c(C)c(=O)c2c1. The van der Waals surface area contributed by atoms with Gasteiger partial charge in [-0.05, 0) is 55.7 Å². The first-order chi connectivity index (χ1) is 18.9. The number of oxime groups is 1. The van der Waals surface area contributed by atoms with Crippen LogP contribution in [0.15, 0.2) is 69.0 Å². The first-order valence-electron chi connectivity index (χ1n) is 13.2. The highest BCUT2D eigenvalue weighted by Crippen LogP contribution is 2.35. The Hall–Kier alpha value is -4.08. The van der Waals surface area contributed by atoms with Crippen LogP contribution < -0.4 is 21.1 Å².